The molecule has 5 heteroatoms. The Morgan fingerprint density at radius 3 is 2.70 bits per heavy atom. The van der Waals surface area contributed by atoms with Crippen molar-refractivity contribution in [2.45, 2.75) is 13.0 Å². The van der Waals surface area contributed by atoms with Crippen LogP contribution < -0.4 is 4.74 Å². The molecule has 0 saturated carbocycles. The van der Waals surface area contributed by atoms with Gasteiger partial charge in [0.2, 0.25) is 0 Å². The number of hydrogen-bond acceptors (Lipinski definition) is 3. The summed E-state index contributed by atoms with van der Waals surface area (Å²) in [4.78, 5) is 16.4. The topological polar surface area (TPSA) is 42.0 Å². The number of rotatable bonds is 0. The number of benzene rings is 1. The third-order valence-corrected chi connectivity index (χ3v) is 3.95. The maximum absolute atomic E-state index is 12.7. The van der Waals surface area contributed by atoms with Crippen molar-refractivity contribution in [3.05, 3.63) is 29.8 Å². The van der Waals surface area contributed by atoms with Gasteiger partial charge in [0.25, 0.3) is 0 Å². The highest BCUT2D eigenvalue weighted by Gasteiger charge is 2.30. The molecule has 0 radical (unpaired) electrons. The normalized spacial score (nSPS) is 22.8. The summed E-state index contributed by atoms with van der Waals surface area (Å²) in [5.41, 5.74) is 1.08. The van der Waals surface area contributed by atoms with Crippen LogP contribution in [0.5, 0.6) is 5.75 Å². The molecule has 2 aliphatic heterocycles. The summed E-state index contributed by atoms with van der Waals surface area (Å²) in [5.74, 6) is 0.886. The maximum atomic E-state index is 12.7. The van der Waals surface area contributed by atoms with Gasteiger partial charge in [-0.3, -0.25) is 0 Å². The maximum Gasteiger partial charge on any atom is 0.320 e. The first-order valence-corrected chi connectivity index (χ1v) is 7.12. The zero-order valence-corrected chi connectivity index (χ0v) is 11.7. The third-order valence-electron chi connectivity index (χ3n) is 3.95. The van der Waals surface area contributed by atoms with Crippen molar-refractivity contribution in [2.75, 3.05) is 39.5 Å². The van der Waals surface area contributed by atoms with E-state index in [1.807, 2.05) is 34.1 Å². The van der Waals surface area contributed by atoms with Crippen molar-refractivity contribution in [3.63, 3.8) is 0 Å². The van der Waals surface area contributed by atoms with Crippen LogP contribution in [0.3, 0.4) is 0 Å². The number of carbonyl (C=O) groups excluding carboxylic acids is 1. The number of morpholine rings is 1. The zero-order valence-electron chi connectivity index (χ0n) is 11.7. The van der Waals surface area contributed by atoms with Gasteiger partial charge in [-0.25, -0.2) is 4.79 Å². The molecule has 20 heavy (non-hydrogen) atoms. The van der Waals surface area contributed by atoms with Crippen molar-refractivity contribution in [1.82, 2.24) is 9.80 Å². The quantitative estimate of drug-likeness (QED) is 0.726. The van der Waals surface area contributed by atoms with Gasteiger partial charge in [-0.05, 0) is 13.0 Å². The summed E-state index contributed by atoms with van der Waals surface area (Å²) < 4.78 is 11.1. The second-order valence-electron chi connectivity index (χ2n) is 5.14. The van der Waals surface area contributed by atoms with Crippen molar-refractivity contribution >= 4 is 6.03 Å². The van der Waals surface area contributed by atoms with Crippen LogP contribution in [0.1, 0.15) is 18.5 Å². The van der Waals surface area contributed by atoms with E-state index in [1.165, 1.54) is 0 Å². The van der Waals surface area contributed by atoms with E-state index in [4.69, 9.17) is 9.47 Å². The van der Waals surface area contributed by atoms with Gasteiger partial charge in [0, 0.05) is 18.7 Å². The van der Waals surface area contributed by atoms with Crippen LogP contribution in [0, 0.1) is 0 Å². The molecule has 2 aliphatic rings. The molecule has 1 aromatic carbocycles. The molecule has 108 valence electrons. The van der Waals surface area contributed by atoms with Crippen molar-refractivity contribution in [3.8, 4) is 5.75 Å². The summed E-state index contributed by atoms with van der Waals surface area (Å²) >= 11 is 0. The molecule has 1 fully saturated rings. The molecule has 0 bridgehead atoms. The summed E-state index contributed by atoms with van der Waals surface area (Å²) in [7, 11) is 0. The van der Waals surface area contributed by atoms with Crippen molar-refractivity contribution in [1.29, 1.82) is 0 Å². The lowest BCUT2D eigenvalue weighted by Crippen LogP contribution is -2.49. The minimum atomic E-state index is 0.0315. The first kappa shape index (κ1) is 13.2. The van der Waals surface area contributed by atoms with Gasteiger partial charge in [0.1, 0.15) is 12.4 Å². The Morgan fingerprint density at radius 2 is 1.90 bits per heavy atom. The average Bonchev–Trinajstić information content (AvgIpc) is 2.67. The second kappa shape index (κ2) is 5.71. The Hall–Kier alpha value is -1.75. The molecule has 1 aromatic rings. The standard InChI is InChI=1S/C15H20N2O3/c1-12-13-4-2-3-5-14(13)20-11-8-17(12)15(18)16-6-9-19-10-7-16/h2-5,12H,6-11H2,1H3. The van der Waals surface area contributed by atoms with E-state index in [0.717, 1.165) is 11.3 Å². The lowest BCUT2D eigenvalue weighted by Gasteiger charge is -2.35. The van der Waals surface area contributed by atoms with Crippen LogP contribution >= 0.6 is 0 Å². The number of nitrogens with zero attached hydrogens (tertiary/aromatic N) is 2. The highest BCUT2D eigenvalue weighted by Crippen LogP contribution is 2.32. The van der Waals surface area contributed by atoms with E-state index in [9.17, 15) is 4.79 Å². The van der Waals surface area contributed by atoms with Crippen LogP contribution in [0.15, 0.2) is 24.3 Å². The predicted molar refractivity (Wildman–Crippen MR) is 74.8 cm³/mol. The average molecular weight is 276 g/mol. The molecular weight excluding hydrogens is 256 g/mol. The van der Waals surface area contributed by atoms with Gasteiger partial charge in [0.15, 0.2) is 0 Å². The smallest absolute Gasteiger partial charge is 0.320 e. The van der Waals surface area contributed by atoms with Crippen LogP contribution in [0.4, 0.5) is 4.79 Å². The number of para-hydroxylation sites is 1. The highest BCUT2D eigenvalue weighted by molar-refractivity contribution is 5.75. The summed E-state index contributed by atoms with van der Waals surface area (Å²) in [5, 5.41) is 0. The fraction of sp³-hybridized carbons (Fsp3) is 0.533. The molecule has 0 aliphatic carbocycles. The second-order valence-corrected chi connectivity index (χ2v) is 5.14. The van der Waals surface area contributed by atoms with E-state index in [1.54, 1.807) is 0 Å². The summed E-state index contributed by atoms with van der Waals surface area (Å²) in [6.07, 6.45) is 0. The first-order valence-electron chi connectivity index (χ1n) is 7.12. The summed E-state index contributed by atoms with van der Waals surface area (Å²) in [6.45, 7) is 5.81. The van der Waals surface area contributed by atoms with Gasteiger partial charge >= 0.3 is 6.03 Å². The molecule has 0 spiro atoms. The number of ether oxygens (including phenoxy) is 2. The number of urea groups is 1. The van der Waals surface area contributed by atoms with Gasteiger partial charge in [-0.15, -0.1) is 0 Å². The lowest BCUT2D eigenvalue weighted by atomic mass is 10.1. The number of fused-ring (bicyclic) bond motifs is 1. The monoisotopic (exact) mass is 276 g/mol. The van der Waals surface area contributed by atoms with Crippen LogP contribution in [-0.2, 0) is 4.74 Å². The molecule has 1 unspecified atom stereocenters. The SMILES string of the molecule is CC1c2ccccc2OCCN1C(=O)N1CCOCC1. The molecule has 5 nitrogen and oxygen atoms in total. The van der Waals surface area contributed by atoms with E-state index in [2.05, 4.69) is 6.92 Å². The van der Waals surface area contributed by atoms with E-state index >= 15 is 0 Å². The van der Waals surface area contributed by atoms with Gasteiger partial charge in [-0.2, -0.15) is 0 Å². The number of carbonyl (C=O) groups is 1. The van der Waals surface area contributed by atoms with E-state index < -0.39 is 0 Å². The minimum absolute atomic E-state index is 0.0315. The molecule has 2 heterocycles. The minimum Gasteiger partial charge on any atom is -0.491 e. The van der Waals surface area contributed by atoms with Crippen molar-refractivity contribution in [2.24, 2.45) is 0 Å². The fourth-order valence-corrected chi connectivity index (χ4v) is 2.77. The predicted octanol–water partition coefficient (Wildman–Crippen LogP) is 1.89. The third kappa shape index (κ3) is 2.45. The molecule has 0 N–H and O–H groups in total. The van der Waals surface area contributed by atoms with Crippen LogP contribution in [-0.4, -0.2) is 55.3 Å². The Morgan fingerprint density at radius 1 is 1.15 bits per heavy atom. The molecule has 2 amide bonds. The Balaban J connectivity index is 1.81. The largest absolute Gasteiger partial charge is 0.491 e. The van der Waals surface area contributed by atoms with Gasteiger partial charge in [-0.1, -0.05) is 18.2 Å². The van der Waals surface area contributed by atoms with Gasteiger partial charge < -0.3 is 19.3 Å². The van der Waals surface area contributed by atoms with Crippen LogP contribution in [0.2, 0.25) is 0 Å². The number of amides is 2. The Kier molecular flexibility index (Phi) is 3.78. The van der Waals surface area contributed by atoms with E-state index in [0.29, 0.717) is 39.5 Å². The highest BCUT2D eigenvalue weighted by atomic mass is 16.5. The Labute approximate surface area is 119 Å². The number of hydrogen-bond donors (Lipinski definition) is 0. The van der Waals surface area contributed by atoms with Crippen LogP contribution in [0.25, 0.3) is 0 Å². The van der Waals surface area contributed by atoms with E-state index in [-0.39, 0.29) is 12.1 Å². The Bertz CT molecular complexity index is 486. The van der Waals surface area contributed by atoms with Gasteiger partial charge in [0.05, 0.1) is 25.8 Å². The molecule has 1 saturated heterocycles. The fourth-order valence-electron chi connectivity index (χ4n) is 2.77. The lowest BCUT2D eigenvalue weighted by molar-refractivity contribution is 0.0394. The molecule has 3 rings (SSSR count). The van der Waals surface area contributed by atoms with Crippen molar-refractivity contribution < 1.29 is 14.3 Å². The molecule has 0 aromatic heterocycles. The molecular formula is C15H20N2O3. The summed E-state index contributed by atoms with van der Waals surface area (Å²) in [6, 6.07) is 8.07. The zero-order chi connectivity index (χ0) is 13.9. The first-order chi connectivity index (χ1) is 9.77. The molecule has 1 atom stereocenters.